The number of aromatic nitrogens is 4. The summed E-state index contributed by atoms with van der Waals surface area (Å²) in [6, 6.07) is 17.3. The van der Waals surface area contributed by atoms with Crippen molar-refractivity contribution in [2.45, 2.75) is 26.3 Å². The molecule has 0 saturated heterocycles. The predicted molar refractivity (Wildman–Crippen MR) is 120 cm³/mol. The summed E-state index contributed by atoms with van der Waals surface area (Å²) in [5, 5.41) is 12.0. The van der Waals surface area contributed by atoms with Crippen molar-refractivity contribution in [3.63, 3.8) is 0 Å². The van der Waals surface area contributed by atoms with Crippen molar-refractivity contribution in [3.8, 4) is 11.3 Å². The maximum atomic E-state index is 12.8. The van der Waals surface area contributed by atoms with E-state index >= 15 is 0 Å². The third-order valence-electron chi connectivity index (χ3n) is 5.09. The van der Waals surface area contributed by atoms with Gasteiger partial charge in [-0.15, -0.1) is 0 Å². The number of nitrogens with zero attached hydrogens (tertiary/aromatic N) is 4. The van der Waals surface area contributed by atoms with Gasteiger partial charge in [-0.2, -0.15) is 10.2 Å². The second kappa shape index (κ2) is 9.14. The van der Waals surface area contributed by atoms with Crippen molar-refractivity contribution < 1.29 is 4.79 Å². The van der Waals surface area contributed by atoms with Crippen LogP contribution in [0.5, 0.6) is 0 Å². The highest BCUT2D eigenvalue weighted by Crippen LogP contribution is 2.19. The first-order chi connectivity index (χ1) is 15.0. The van der Waals surface area contributed by atoms with Crippen LogP contribution in [0.15, 0.2) is 65.7 Å². The third kappa shape index (κ3) is 4.83. The van der Waals surface area contributed by atoms with E-state index in [0.29, 0.717) is 29.2 Å². The second-order valence-corrected chi connectivity index (χ2v) is 7.67. The number of benzene rings is 2. The summed E-state index contributed by atoms with van der Waals surface area (Å²) in [6.07, 6.45) is 3.08. The normalized spacial score (nSPS) is 11.0. The molecule has 2 heterocycles. The van der Waals surface area contributed by atoms with E-state index in [-0.39, 0.29) is 18.0 Å². The van der Waals surface area contributed by atoms with E-state index in [1.165, 1.54) is 16.4 Å². The van der Waals surface area contributed by atoms with Crippen molar-refractivity contribution in [2.24, 2.45) is 0 Å². The molecular weight excluding hydrogens is 414 g/mol. The minimum atomic E-state index is -0.362. The summed E-state index contributed by atoms with van der Waals surface area (Å²) in [7, 11) is 0. The van der Waals surface area contributed by atoms with Gasteiger partial charge >= 0.3 is 0 Å². The number of amides is 1. The minimum Gasteiger partial charge on any atom is -0.354 e. The van der Waals surface area contributed by atoms with Crippen LogP contribution in [-0.4, -0.2) is 31.8 Å². The largest absolute Gasteiger partial charge is 0.354 e. The van der Waals surface area contributed by atoms with Crippen LogP contribution in [0.3, 0.4) is 0 Å². The molecule has 7 nitrogen and oxygen atoms in total. The fraction of sp³-hybridized carbons (Fsp3) is 0.217. The van der Waals surface area contributed by atoms with Crippen molar-refractivity contribution >= 4 is 23.0 Å². The number of halogens is 1. The zero-order valence-electron chi connectivity index (χ0n) is 17.1. The molecule has 0 aliphatic carbocycles. The molecule has 0 atom stereocenters. The highest BCUT2D eigenvalue weighted by Gasteiger charge is 2.12. The van der Waals surface area contributed by atoms with E-state index in [9.17, 15) is 9.59 Å². The summed E-state index contributed by atoms with van der Waals surface area (Å²) in [5.41, 5.74) is 3.93. The zero-order chi connectivity index (χ0) is 21.8. The van der Waals surface area contributed by atoms with Crippen LogP contribution in [0.4, 0.5) is 0 Å². The number of carbonyl (C=O) groups is 1. The van der Waals surface area contributed by atoms with Crippen LogP contribution >= 0.6 is 11.6 Å². The lowest BCUT2D eigenvalue weighted by Crippen LogP contribution is -2.35. The lowest BCUT2D eigenvalue weighted by Gasteiger charge is -2.07. The van der Waals surface area contributed by atoms with Crippen molar-refractivity contribution in [2.75, 3.05) is 6.54 Å². The van der Waals surface area contributed by atoms with Crippen molar-refractivity contribution in [1.29, 1.82) is 0 Å². The molecule has 0 fully saturated rings. The number of nitrogens with one attached hydrogen (secondary N) is 1. The summed E-state index contributed by atoms with van der Waals surface area (Å²) in [5.74, 6) is -0.275. The fourth-order valence-electron chi connectivity index (χ4n) is 3.29. The minimum absolute atomic E-state index is 0.151. The zero-order valence-corrected chi connectivity index (χ0v) is 17.8. The summed E-state index contributed by atoms with van der Waals surface area (Å²) in [6.45, 7) is 2.41. The molecule has 0 aliphatic heterocycles. The Bertz CT molecular complexity index is 1260. The van der Waals surface area contributed by atoms with Gasteiger partial charge in [0.25, 0.3) is 5.56 Å². The Morgan fingerprint density at radius 1 is 1.06 bits per heavy atom. The van der Waals surface area contributed by atoms with Gasteiger partial charge in [0.05, 0.1) is 5.69 Å². The molecule has 0 saturated carbocycles. The smallest absolute Gasteiger partial charge is 0.293 e. The van der Waals surface area contributed by atoms with Crippen LogP contribution in [0.25, 0.3) is 16.8 Å². The molecule has 4 aromatic rings. The lowest BCUT2D eigenvalue weighted by atomic mass is 10.1. The van der Waals surface area contributed by atoms with Gasteiger partial charge in [0.15, 0.2) is 0 Å². The molecule has 1 amide bonds. The van der Waals surface area contributed by atoms with E-state index < -0.39 is 0 Å². The molecular formula is C23H22ClN5O2. The molecule has 0 aliphatic rings. The highest BCUT2D eigenvalue weighted by molar-refractivity contribution is 6.30. The molecule has 2 aromatic heterocycles. The van der Waals surface area contributed by atoms with Gasteiger partial charge in [-0.3, -0.25) is 9.59 Å². The fourth-order valence-corrected chi connectivity index (χ4v) is 3.42. The molecule has 0 radical (unpaired) electrons. The Kier molecular flexibility index (Phi) is 6.13. The van der Waals surface area contributed by atoms with E-state index in [4.69, 9.17) is 11.6 Å². The number of hydrogen-bond donors (Lipinski definition) is 1. The molecule has 0 bridgehead atoms. The van der Waals surface area contributed by atoms with Gasteiger partial charge in [0.2, 0.25) is 5.91 Å². The van der Waals surface area contributed by atoms with Crippen LogP contribution in [0.1, 0.15) is 18.1 Å². The average molecular weight is 436 g/mol. The quantitative estimate of drug-likeness (QED) is 0.483. The number of carbonyl (C=O) groups excluding carboxylic acids is 1. The van der Waals surface area contributed by atoms with E-state index in [2.05, 4.69) is 22.4 Å². The predicted octanol–water partition coefficient (Wildman–Crippen LogP) is 3.13. The summed E-state index contributed by atoms with van der Waals surface area (Å²) < 4.78 is 2.60. The van der Waals surface area contributed by atoms with Crippen LogP contribution < -0.4 is 10.9 Å². The molecule has 1 N–H and O–H groups in total. The van der Waals surface area contributed by atoms with Gasteiger partial charge in [-0.1, -0.05) is 54.9 Å². The van der Waals surface area contributed by atoms with E-state index in [0.717, 1.165) is 22.2 Å². The third-order valence-corrected chi connectivity index (χ3v) is 5.34. The van der Waals surface area contributed by atoms with E-state index in [1.54, 1.807) is 6.07 Å². The van der Waals surface area contributed by atoms with Gasteiger partial charge in [-0.25, -0.2) is 9.20 Å². The van der Waals surface area contributed by atoms with Crippen molar-refractivity contribution in [1.82, 2.24) is 24.7 Å². The van der Waals surface area contributed by atoms with Gasteiger partial charge in [-0.05, 0) is 42.2 Å². The molecule has 4 rings (SSSR count). The molecule has 8 heteroatoms. The first-order valence-electron chi connectivity index (χ1n) is 10.1. The number of rotatable bonds is 7. The maximum Gasteiger partial charge on any atom is 0.293 e. The Hall–Kier alpha value is -3.45. The number of aryl methyl sites for hydroxylation is 1. The van der Waals surface area contributed by atoms with Gasteiger partial charge < -0.3 is 5.32 Å². The van der Waals surface area contributed by atoms with Crippen LogP contribution in [0.2, 0.25) is 5.02 Å². The van der Waals surface area contributed by atoms with Crippen LogP contribution in [-0.2, 0) is 24.2 Å². The van der Waals surface area contributed by atoms with E-state index in [1.807, 2.05) is 48.5 Å². The lowest BCUT2D eigenvalue weighted by molar-refractivity contribution is -0.121. The first-order valence-corrected chi connectivity index (χ1v) is 10.5. The molecule has 31 heavy (non-hydrogen) atoms. The monoisotopic (exact) mass is 435 g/mol. The molecule has 2 aromatic carbocycles. The maximum absolute atomic E-state index is 12.8. The first kappa shape index (κ1) is 20.8. The second-order valence-electron chi connectivity index (χ2n) is 7.23. The summed E-state index contributed by atoms with van der Waals surface area (Å²) >= 11 is 5.88. The van der Waals surface area contributed by atoms with Gasteiger partial charge in [0.1, 0.15) is 18.4 Å². The highest BCUT2D eigenvalue weighted by atomic mass is 35.5. The standard InChI is InChI=1S/C23H22ClN5O2/c1-2-16-3-7-18(8-4-16)20-13-21-23(31)28(26-15-29(21)27-20)14-22(30)25-12-11-17-5-9-19(24)10-6-17/h3-10,13,15H,2,11-12,14H2,1H3,(H,25,30). The Morgan fingerprint density at radius 2 is 1.77 bits per heavy atom. The molecule has 158 valence electrons. The average Bonchev–Trinajstić information content (AvgIpc) is 3.22. The number of fused-ring (bicyclic) bond motifs is 1. The van der Waals surface area contributed by atoms with Crippen LogP contribution in [0, 0.1) is 0 Å². The summed E-state index contributed by atoms with van der Waals surface area (Å²) in [4.78, 5) is 25.1. The van der Waals surface area contributed by atoms with Gasteiger partial charge in [0, 0.05) is 17.1 Å². The Labute approximate surface area is 184 Å². The SMILES string of the molecule is CCc1ccc(-c2cc3c(=O)n(CC(=O)NCCc4ccc(Cl)cc4)ncn3n2)cc1. The van der Waals surface area contributed by atoms with Crippen molar-refractivity contribution in [3.05, 3.63) is 87.4 Å². The number of hydrogen-bond acceptors (Lipinski definition) is 4. The Morgan fingerprint density at radius 3 is 2.48 bits per heavy atom. The molecule has 0 unspecified atom stereocenters. The Balaban J connectivity index is 1.44. The topological polar surface area (TPSA) is 81.3 Å². The molecule has 0 spiro atoms.